The van der Waals surface area contributed by atoms with Crippen molar-refractivity contribution in [2.45, 2.75) is 22.8 Å². The first-order valence-corrected chi connectivity index (χ1v) is 9.98. The molecule has 1 fully saturated rings. The third-order valence-corrected chi connectivity index (χ3v) is 5.82. The van der Waals surface area contributed by atoms with Crippen molar-refractivity contribution in [2.75, 3.05) is 0 Å². The fourth-order valence-corrected chi connectivity index (χ4v) is 4.18. The van der Waals surface area contributed by atoms with E-state index < -0.39 is 12.1 Å². The van der Waals surface area contributed by atoms with E-state index in [1.807, 2.05) is 42.5 Å². The molecule has 0 saturated carbocycles. The highest BCUT2D eigenvalue weighted by atomic mass is 32.2. The third-order valence-electron chi connectivity index (χ3n) is 3.56. The maximum absolute atomic E-state index is 11.9. The molecule has 1 unspecified atom stereocenters. The van der Waals surface area contributed by atoms with Crippen LogP contribution in [0.2, 0.25) is 0 Å². The van der Waals surface area contributed by atoms with Crippen molar-refractivity contribution >= 4 is 58.0 Å². The van der Waals surface area contributed by atoms with E-state index in [4.69, 9.17) is 22.1 Å². The number of rotatable bonds is 6. The largest absolute Gasteiger partial charge is 0.479 e. The molecule has 2 N–H and O–H groups in total. The average molecular weight is 418 g/mol. The third kappa shape index (κ3) is 5.12. The lowest BCUT2D eigenvalue weighted by molar-refractivity contribution is -0.144. The number of ether oxygens (including phenoxy) is 1. The van der Waals surface area contributed by atoms with Crippen LogP contribution in [-0.4, -0.2) is 27.4 Å². The molecule has 0 spiro atoms. The number of thioether (sulfide) groups is 1. The quantitative estimate of drug-likeness (QED) is 0.539. The van der Waals surface area contributed by atoms with E-state index in [0.717, 1.165) is 15.4 Å². The van der Waals surface area contributed by atoms with Crippen molar-refractivity contribution in [1.29, 1.82) is 0 Å². The van der Waals surface area contributed by atoms with Gasteiger partial charge in [0, 0.05) is 9.79 Å². The smallest absolute Gasteiger partial charge is 0.344 e. The Kier molecular flexibility index (Phi) is 6.20. The fraction of sp³-hybridized carbons (Fsp3) is 0.105. The lowest BCUT2D eigenvalue weighted by atomic mass is 10.2. The maximum atomic E-state index is 11.9. The van der Waals surface area contributed by atoms with Crippen LogP contribution < -0.4 is 10.1 Å². The van der Waals surface area contributed by atoms with Gasteiger partial charge in [-0.25, -0.2) is 4.79 Å². The number of hydrogen-bond donors (Lipinski definition) is 2. The van der Waals surface area contributed by atoms with Crippen LogP contribution in [-0.2, 0) is 9.59 Å². The van der Waals surface area contributed by atoms with E-state index in [0.29, 0.717) is 15.0 Å². The van der Waals surface area contributed by atoms with E-state index in [2.05, 4.69) is 5.32 Å². The molecule has 0 aliphatic carbocycles. The summed E-state index contributed by atoms with van der Waals surface area (Å²) in [7, 11) is 0. The van der Waals surface area contributed by atoms with Gasteiger partial charge < -0.3 is 15.2 Å². The number of nitrogens with one attached hydrogen (secondary N) is 1. The number of hydrogen-bond acceptors (Lipinski definition) is 6. The van der Waals surface area contributed by atoms with Crippen LogP contribution in [0.25, 0.3) is 6.08 Å². The molecule has 3 rings (SSSR count). The lowest BCUT2D eigenvalue weighted by Gasteiger charge is -2.11. The fourth-order valence-electron chi connectivity index (χ4n) is 2.22. The van der Waals surface area contributed by atoms with E-state index >= 15 is 0 Å². The lowest BCUT2D eigenvalue weighted by Crippen LogP contribution is -2.22. The first-order valence-electron chi connectivity index (χ1n) is 7.93. The Morgan fingerprint density at radius 1 is 1.26 bits per heavy atom. The van der Waals surface area contributed by atoms with Crippen LogP contribution in [0.4, 0.5) is 0 Å². The van der Waals surface area contributed by atoms with Crippen LogP contribution in [0.5, 0.6) is 5.75 Å². The van der Waals surface area contributed by atoms with Crippen LogP contribution >= 0.6 is 35.7 Å². The van der Waals surface area contributed by atoms with Crippen molar-refractivity contribution in [1.82, 2.24) is 5.32 Å². The molecule has 1 heterocycles. The standard InChI is InChI=1S/C19H15NO4S3/c1-11(18(22)23)24-13-6-8-14(9-7-13)26-15-5-3-2-4-12(15)10-16-17(21)20-19(25)27-16/h2-11H,1H3,(H,22,23)(H,20,21,25). The average Bonchev–Trinajstić information content (AvgIpc) is 2.95. The van der Waals surface area contributed by atoms with Gasteiger partial charge in [0.2, 0.25) is 0 Å². The molecule has 1 amide bonds. The predicted octanol–water partition coefficient (Wildman–Crippen LogP) is 4.18. The molecule has 0 aromatic heterocycles. The van der Waals surface area contributed by atoms with Gasteiger partial charge in [-0.15, -0.1) is 0 Å². The number of carbonyl (C=O) groups is 2. The molecule has 8 heteroatoms. The summed E-state index contributed by atoms with van der Waals surface area (Å²) in [6, 6.07) is 15.0. The van der Waals surface area contributed by atoms with Crippen LogP contribution in [0.15, 0.2) is 63.2 Å². The minimum absolute atomic E-state index is 0.182. The topological polar surface area (TPSA) is 75.6 Å². The summed E-state index contributed by atoms with van der Waals surface area (Å²) in [5, 5.41) is 11.5. The van der Waals surface area contributed by atoms with Crippen molar-refractivity contribution < 1.29 is 19.4 Å². The monoisotopic (exact) mass is 417 g/mol. The summed E-state index contributed by atoms with van der Waals surface area (Å²) in [5.41, 5.74) is 0.921. The Balaban J connectivity index is 1.77. The minimum atomic E-state index is -1.01. The number of carboxylic acids is 1. The summed E-state index contributed by atoms with van der Waals surface area (Å²) in [6.07, 6.45) is 0.921. The normalized spacial score (nSPS) is 16.3. The first kappa shape index (κ1) is 19.5. The molecule has 2 aromatic carbocycles. The summed E-state index contributed by atoms with van der Waals surface area (Å²) in [5.74, 6) is -0.695. The van der Waals surface area contributed by atoms with Crippen molar-refractivity contribution in [2.24, 2.45) is 0 Å². The Labute approximate surface area is 170 Å². The van der Waals surface area contributed by atoms with E-state index in [9.17, 15) is 9.59 Å². The summed E-state index contributed by atoms with van der Waals surface area (Å²) < 4.78 is 5.80. The zero-order valence-electron chi connectivity index (χ0n) is 14.2. The zero-order chi connectivity index (χ0) is 19.4. The number of aliphatic carboxylic acids is 1. The first-order chi connectivity index (χ1) is 12.9. The van der Waals surface area contributed by atoms with Gasteiger partial charge in [-0.3, -0.25) is 4.79 Å². The second-order valence-electron chi connectivity index (χ2n) is 5.56. The Morgan fingerprint density at radius 3 is 2.59 bits per heavy atom. The van der Waals surface area contributed by atoms with Gasteiger partial charge in [-0.05, 0) is 48.9 Å². The van der Waals surface area contributed by atoms with Crippen LogP contribution in [0.3, 0.4) is 0 Å². The molecule has 1 saturated heterocycles. The van der Waals surface area contributed by atoms with E-state index in [1.165, 1.54) is 18.7 Å². The van der Waals surface area contributed by atoms with Crippen LogP contribution in [0.1, 0.15) is 12.5 Å². The van der Waals surface area contributed by atoms with Gasteiger partial charge in [-0.2, -0.15) is 0 Å². The Morgan fingerprint density at radius 2 is 1.96 bits per heavy atom. The highest BCUT2D eigenvalue weighted by Crippen LogP contribution is 2.34. The van der Waals surface area contributed by atoms with Gasteiger partial charge in [-0.1, -0.05) is 53.9 Å². The number of carboxylic acid groups (broad SMARTS) is 1. The molecule has 5 nitrogen and oxygen atoms in total. The maximum Gasteiger partial charge on any atom is 0.344 e. The van der Waals surface area contributed by atoms with Gasteiger partial charge in [0.1, 0.15) is 10.1 Å². The summed E-state index contributed by atoms with van der Waals surface area (Å²) >= 11 is 7.82. The molecular formula is C19H15NO4S3. The summed E-state index contributed by atoms with van der Waals surface area (Å²) in [4.78, 5) is 25.3. The summed E-state index contributed by atoms with van der Waals surface area (Å²) in [6.45, 7) is 1.48. The number of thiocarbonyl (C=S) groups is 1. The molecule has 1 aliphatic heterocycles. The predicted molar refractivity (Wildman–Crippen MR) is 111 cm³/mol. The SMILES string of the molecule is CC(Oc1ccc(Sc2ccccc2C=C2SC(=S)NC2=O)cc1)C(=O)O. The molecule has 138 valence electrons. The van der Waals surface area contributed by atoms with Gasteiger partial charge in [0.05, 0.1) is 4.91 Å². The number of amides is 1. The molecule has 1 aliphatic rings. The molecule has 1 atom stereocenters. The molecular weight excluding hydrogens is 402 g/mol. The highest BCUT2D eigenvalue weighted by Gasteiger charge is 2.22. The Bertz CT molecular complexity index is 925. The zero-order valence-corrected chi connectivity index (χ0v) is 16.6. The van der Waals surface area contributed by atoms with Crippen molar-refractivity contribution in [3.63, 3.8) is 0 Å². The molecule has 2 aromatic rings. The molecule has 0 bridgehead atoms. The van der Waals surface area contributed by atoms with Gasteiger partial charge in [0.15, 0.2) is 6.10 Å². The van der Waals surface area contributed by atoms with Gasteiger partial charge >= 0.3 is 5.97 Å². The van der Waals surface area contributed by atoms with E-state index in [-0.39, 0.29) is 5.91 Å². The van der Waals surface area contributed by atoms with Gasteiger partial charge in [0.25, 0.3) is 5.91 Å². The number of carbonyl (C=O) groups excluding carboxylic acids is 1. The second-order valence-corrected chi connectivity index (χ2v) is 8.40. The van der Waals surface area contributed by atoms with Crippen LogP contribution in [0, 0.1) is 0 Å². The number of benzene rings is 2. The highest BCUT2D eigenvalue weighted by molar-refractivity contribution is 8.26. The second kappa shape index (κ2) is 8.60. The van der Waals surface area contributed by atoms with E-state index in [1.54, 1.807) is 23.9 Å². The Hall–Kier alpha value is -2.29. The molecule has 27 heavy (non-hydrogen) atoms. The molecule has 0 radical (unpaired) electrons. The van der Waals surface area contributed by atoms with Crippen molar-refractivity contribution in [3.05, 3.63) is 59.0 Å². The minimum Gasteiger partial charge on any atom is -0.479 e. The van der Waals surface area contributed by atoms with Crippen molar-refractivity contribution in [3.8, 4) is 5.75 Å².